The van der Waals surface area contributed by atoms with Crippen LogP contribution in [0.3, 0.4) is 0 Å². The van der Waals surface area contributed by atoms with Crippen molar-refractivity contribution in [3.8, 4) is 0 Å². The molecule has 2 amide bonds. The highest BCUT2D eigenvalue weighted by Crippen LogP contribution is 2.08. The molecule has 0 aliphatic heterocycles. The zero-order chi connectivity index (χ0) is 17.5. The lowest BCUT2D eigenvalue weighted by Crippen LogP contribution is -2.51. The number of hydrogen-bond donors (Lipinski definition) is 2. The molecule has 0 aromatic rings. The van der Waals surface area contributed by atoms with Crippen molar-refractivity contribution in [1.29, 1.82) is 0 Å². The van der Waals surface area contributed by atoms with Crippen LogP contribution in [0.4, 0.5) is 4.79 Å². The molecule has 0 spiro atoms. The molecule has 0 radical (unpaired) electrons. The van der Waals surface area contributed by atoms with Crippen molar-refractivity contribution in [2.45, 2.75) is 65.6 Å². The summed E-state index contributed by atoms with van der Waals surface area (Å²) >= 11 is 0. The number of nitrogens with one attached hydrogen (secondary N) is 2. The van der Waals surface area contributed by atoms with Crippen LogP contribution in [0, 0.1) is 5.92 Å². The summed E-state index contributed by atoms with van der Waals surface area (Å²) in [5, 5.41) is 5.01. The summed E-state index contributed by atoms with van der Waals surface area (Å²) in [7, 11) is 1.27. The number of ether oxygens (including phenoxy) is 2. The maximum absolute atomic E-state index is 12.1. The lowest BCUT2D eigenvalue weighted by molar-refractivity contribution is -0.145. The molecule has 0 rings (SSSR count). The van der Waals surface area contributed by atoms with Crippen molar-refractivity contribution < 1.29 is 23.9 Å². The summed E-state index contributed by atoms with van der Waals surface area (Å²) in [6.45, 7) is 10.6. The van der Waals surface area contributed by atoms with Gasteiger partial charge in [-0.15, -0.1) is 0 Å². The van der Waals surface area contributed by atoms with Crippen molar-refractivity contribution in [2.75, 3.05) is 7.11 Å². The van der Waals surface area contributed by atoms with Gasteiger partial charge in [0.15, 0.2) is 0 Å². The van der Waals surface area contributed by atoms with Crippen LogP contribution in [-0.2, 0) is 19.1 Å². The fraction of sp³-hybridized carbons (Fsp3) is 0.800. The molecule has 22 heavy (non-hydrogen) atoms. The molecule has 0 heterocycles. The Labute approximate surface area is 132 Å². The van der Waals surface area contributed by atoms with Gasteiger partial charge < -0.3 is 20.1 Å². The fourth-order valence-electron chi connectivity index (χ4n) is 1.67. The third kappa shape index (κ3) is 8.49. The highest BCUT2D eigenvalue weighted by atomic mass is 16.6. The summed E-state index contributed by atoms with van der Waals surface area (Å²) in [6, 6.07) is -1.56. The van der Waals surface area contributed by atoms with Gasteiger partial charge in [-0.25, -0.2) is 9.59 Å². The SMILES string of the molecule is COC(=O)[C@H](CC(C)C)NC(=O)[C@H](C)NC(=O)OC(C)(C)C. The number of amides is 2. The molecule has 0 bridgehead atoms. The third-order valence-electron chi connectivity index (χ3n) is 2.64. The second-order valence-electron chi connectivity index (χ2n) is 6.58. The van der Waals surface area contributed by atoms with Crippen LogP contribution in [0.5, 0.6) is 0 Å². The van der Waals surface area contributed by atoms with Gasteiger partial charge in [-0.3, -0.25) is 4.79 Å². The number of carbonyl (C=O) groups excluding carboxylic acids is 3. The first-order valence-electron chi connectivity index (χ1n) is 7.34. The van der Waals surface area contributed by atoms with Gasteiger partial charge in [0.05, 0.1) is 7.11 Å². The van der Waals surface area contributed by atoms with E-state index in [2.05, 4.69) is 15.4 Å². The molecular weight excluding hydrogens is 288 g/mol. The van der Waals surface area contributed by atoms with Crippen LogP contribution < -0.4 is 10.6 Å². The van der Waals surface area contributed by atoms with Crippen molar-refractivity contribution in [2.24, 2.45) is 5.92 Å². The molecule has 0 aromatic heterocycles. The summed E-state index contributed by atoms with van der Waals surface area (Å²) in [4.78, 5) is 35.4. The number of alkyl carbamates (subject to hydrolysis) is 1. The predicted octanol–water partition coefficient (Wildman–Crippen LogP) is 1.60. The maximum atomic E-state index is 12.1. The Morgan fingerprint density at radius 1 is 1.05 bits per heavy atom. The molecule has 0 aliphatic rings. The first-order chi connectivity index (χ1) is 9.96. The molecule has 0 unspecified atom stereocenters. The standard InChI is InChI=1S/C15H28N2O5/c1-9(2)8-11(13(19)21-7)17-12(18)10(3)16-14(20)22-15(4,5)6/h9-11H,8H2,1-7H3,(H,16,20)(H,17,18)/t10-,11-/m0/s1. The summed E-state index contributed by atoms with van der Waals surface area (Å²) < 4.78 is 9.75. The van der Waals surface area contributed by atoms with E-state index in [-0.39, 0.29) is 5.92 Å². The second-order valence-corrected chi connectivity index (χ2v) is 6.58. The Hall–Kier alpha value is -1.79. The van der Waals surface area contributed by atoms with Gasteiger partial charge in [0.25, 0.3) is 0 Å². The Morgan fingerprint density at radius 3 is 2.00 bits per heavy atom. The monoisotopic (exact) mass is 316 g/mol. The molecule has 0 aliphatic carbocycles. The van der Waals surface area contributed by atoms with Gasteiger partial charge in [0.1, 0.15) is 17.7 Å². The Bertz CT molecular complexity index is 401. The Kier molecular flexibility index (Phi) is 7.90. The van der Waals surface area contributed by atoms with Crippen LogP contribution in [-0.4, -0.2) is 42.8 Å². The van der Waals surface area contributed by atoms with Gasteiger partial charge in [0.2, 0.25) is 5.91 Å². The van der Waals surface area contributed by atoms with Crippen molar-refractivity contribution >= 4 is 18.0 Å². The number of esters is 1. The quantitative estimate of drug-likeness (QED) is 0.726. The minimum absolute atomic E-state index is 0.207. The minimum atomic E-state index is -0.825. The average Bonchev–Trinajstić information content (AvgIpc) is 2.33. The second kappa shape index (κ2) is 8.60. The van der Waals surface area contributed by atoms with E-state index in [1.165, 1.54) is 14.0 Å². The normalized spacial score (nSPS) is 14.0. The zero-order valence-corrected chi connectivity index (χ0v) is 14.5. The average molecular weight is 316 g/mol. The lowest BCUT2D eigenvalue weighted by Gasteiger charge is -2.23. The topological polar surface area (TPSA) is 93.7 Å². The summed E-state index contributed by atoms with van der Waals surface area (Å²) in [5.41, 5.74) is -0.646. The van der Waals surface area contributed by atoms with E-state index in [9.17, 15) is 14.4 Å². The first-order valence-corrected chi connectivity index (χ1v) is 7.34. The largest absolute Gasteiger partial charge is 0.467 e. The van der Waals surface area contributed by atoms with E-state index in [1.54, 1.807) is 20.8 Å². The highest BCUT2D eigenvalue weighted by Gasteiger charge is 2.26. The predicted molar refractivity (Wildman–Crippen MR) is 82.2 cm³/mol. The van der Waals surface area contributed by atoms with E-state index < -0.39 is 35.7 Å². The van der Waals surface area contributed by atoms with Crippen LogP contribution in [0.25, 0.3) is 0 Å². The number of methoxy groups -OCH3 is 1. The number of rotatable bonds is 6. The van der Waals surface area contributed by atoms with E-state index in [4.69, 9.17) is 4.74 Å². The van der Waals surface area contributed by atoms with Gasteiger partial charge >= 0.3 is 12.1 Å². The third-order valence-corrected chi connectivity index (χ3v) is 2.64. The van der Waals surface area contributed by atoms with E-state index in [0.29, 0.717) is 6.42 Å². The van der Waals surface area contributed by atoms with Gasteiger partial charge in [-0.05, 0) is 40.0 Å². The van der Waals surface area contributed by atoms with Gasteiger partial charge in [-0.1, -0.05) is 13.8 Å². The van der Waals surface area contributed by atoms with Gasteiger partial charge in [-0.2, -0.15) is 0 Å². The van der Waals surface area contributed by atoms with Crippen LogP contribution in [0.2, 0.25) is 0 Å². The molecule has 7 heteroatoms. The molecule has 0 saturated heterocycles. The summed E-state index contributed by atoms with van der Waals surface area (Å²) in [5.74, 6) is -0.771. The molecule has 2 atom stereocenters. The van der Waals surface area contributed by atoms with Gasteiger partial charge in [0, 0.05) is 0 Å². The number of carbonyl (C=O) groups is 3. The minimum Gasteiger partial charge on any atom is -0.467 e. The molecule has 0 fully saturated rings. The zero-order valence-electron chi connectivity index (χ0n) is 14.5. The lowest BCUT2D eigenvalue weighted by atomic mass is 10.0. The molecule has 2 N–H and O–H groups in total. The molecule has 7 nitrogen and oxygen atoms in total. The van der Waals surface area contributed by atoms with Crippen LogP contribution in [0.15, 0.2) is 0 Å². The molecule has 0 aromatic carbocycles. The maximum Gasteiger partial charge on any atom is 0.408 e. The van der Waals surface area contributed by atoms with E-state index in [1.807, 2.05) is 13.8 Å². The van der Waals surface area contributed by atoms with Crippen LogP contribution >= 0.6 is 0 Å². The highest BCUT2D eigenvalue weighted by molar-refractivity contribution is 5.89. The summed E-state index contributed by atoms with van der Waals surface area (Å²) in [6.07, 6.45) is -0.231. The molecule has 128 valence electrons. The van der Waals surface area contributed by atoms with Crippen molar-refractivity contribution in [3.05, 3.63) is 0 Å². The molecule has 0 saturated carbocycles. The Balaban J connectivity index is 4.59. The first kappa shape index (κ1) is 20.2. The van der Waals surface area contributed by atoms with Crippen molar-refractivity contribution in [3.63, 3.8) is 0 Å². The smallest absolute Gasteiger partial charge is 0.408 e. The fourth-order valence-corrected chi connectivity index (χ4v) is 1.67. The van der Waals surface area contributed by atoms with E-state index >= 15 is 0 Å². The van der Waals surface area contributed by atoms with Crippen LogP contribution in [0.1, 0.15) is 48.0 Å². The Morgan fingerprint density at radius 2 is 1.59 bits per heavy atom. The van der Waals surface area contributed by atoms with Crippen molar-refractivity contribution in [1.82, 2.24) is 10.6 Å². The van der Waals surface area contributed by atoms with E-state index in [0.717, 1.165) is 0 Å². The number of hydrogen-bond acceptors (Lipinski definition) is 5. The molecular formula is C15H28N2O5.